The monoisotopic (exact) mass is 272 g/mol. The van der Waals surface area contributed by atoms with E-state index in [0.717, 1.165) is 12.5 Å². The molecule has 1 aliphatic heterocycles. The third kappa shape index (κ3) is 2.55. The zero-order valence-electron chi connectivity index (χ0n) is 10.3. The van der Waals surface area contributed by atoms with E-state index in [1.807, 2.05) is 0 Å². The Hall–Kier alpha value is -0.980. The van der Waals surface area contributed by atoms with Crippen molar-refractivity contribution in [3.63, 3.8) is 0 Å². The molecule has 2 rings (SSSR count). The van der Waals surface area contributed by atoms with E-state index in [0.29, 0.717) is 25.2 Å². The van der Waals surface area contributed by atoms with E-state index in [-0.39, 0.29) is 10.8 Å². The minimum atomic E-state index is -3.59. The standard InChI is InChI=1S/C12H17FN2O2S/c1-9-4-11(13)6-12(5-9)18(16,17)15-3-2-10(7-14)8-15/h4-6,10H,2-3,7-8,14H2,1H3. The van der Waals surface area contributed by atoms with Gasteiger partial charge in [-0.1, -0.05) is 0 Å². The third-order valence-corrected chi connectivity index (χ3v) is 5.08. The van der Waals surface area contributed by atoms with Gasteiger partial charge in [-0.2, -0.15) is 4.31 Å². The Morgan fingerprint density at radius 2 is 2.17 bits per heavy atom. The van der Waals surface area contributed by atoms with Crippen LogP contribution >= 0.6 is 0 Å². The highest BCUT2D eigenvalue weighted by Gasteiger charge is 2.32. The van der Waals surface area contributed by atoms with Crippen LogP contribution < -0.4 is 5.73 Å². The van der Waals surface area contributed by atoms with Crippen molar-refractivity contribution in [2.24, 2.45) is 11.7 Å². The molecular formula is C12H17FN2O2S. The summed E-state index contributed by atoms with van der Waals surface area (Å²) in [5, 5.41) is 0. The first kappa shape index (κ1) is 13.5. The molecule has 1 aromatic carbocycles. The maximum atomic E-state index is 13.3. The molecule has 1 fully saturated rings. The lowest BCUT2D eigenvalue weighted by Crippen LogP contribution is -2.30. The number of hydrogen-bond donors (Lipinski definition) is 1. The molecule has 0 aliphatic carbocycles. The highest BCUT2D eigenvalue weighted by Crippen LogP contribution is 2.24. The quantitative estimate of drug-likeness (QED) is 0.896. The average Bonchev–Trinajstić information content (AvgIpc) is 2.76. The van der Waals surface area contributed by atoms with Crippen LogP contribution in [0, 0.1) is 18.7 Å². The van der Waals surface area contributed by atoms with Crippen molar-refractivity contribution in [3.05, 3.63) is 29.6 Å². The van der Waals surface area contributed by atoms with Gasteiger partial charge in [0.15, 0.2) is 0 Å². The topological polar surface area (TPSA) is 63.4 Å². The maximum absolute atomic E-state index is 13.3. The van der Waals surface area contributed by atoms with Crippen LogP contribution in [0.15, 0.2) is 23.1 Å². The fourth-order valence-corrected chi connectivity index (χ4v) is 3.86. The molecule has 0 saturated carbocycles. The SMILES string of the molecule is Cc1cc(F)cc(S(=O)(=O)N2CCC(CN)C2)c1. The number of nitrogens with two attached hydrogens (primary N) is 1. The molecule has 1 unspecified atom stereocenters. The van der Waals surface area contributed by atoms with Gasteiger partial charge < -0.3 is 5.73 Å². The Bertz CT molecular complexity index is 525. The van der Waals surface area contributed by atoms with E-state index in [9.17, 15) is 12.8 Å². The van der Waals surface area contributed by atoms with Crippen LogP contribution in [0.5, 0.6) is 0 Å². The first-order valence-electron chi connectivity index (χ1n) is 5.91. The van der Waals surface area contributed by atoms with Gasteiger partial charge in [0.1, 0.15) is 5.82 Å². The fourth-order valence-electron chi connectivity index (χ4n) is 2.21. The Morgan fingerprint density at radius 1 is 1.44 bits per heavy atom. The molecule has 1 atom stereocenters. The summed E-state index contributed by atoms with van der Waals surface area (Å²) in [6, 6.07) is 3.87. The highest BCUT2D eigenvalue weighted by molar-refractivity contribution is 7.89. The Balaban J connectivity index is 2.31. The minimum absolute atomic E-state index is 0.0256. The van der Waals surface area contributed by atoms with E-state index < -0.39 is 15.8 Å². The number of hydrogen-bond acceptors (Lipinski definition) is 3. The first-order chi connectivity index (χ1) is 8.43. The summed E-state index contributed by atoms with van der Waals surface area (Å²) in [6.07, 6.45) is 0.768. The van der Waals surface area contributed by atoms with Crippen LogP contribution in [0.2, 0.25) is 0 Å². The maximum Gasteiger partial charge on any atom is 0.243 e. The number of benzene rings is 1. The van der Waals surface area contributed by atoms with E-state index in [1.54, 1.807) is 6.92 Å². The molecule has 4 nitrogen and oxygen atoms in total. The van der Waals surface area contributed by atoms with Crippen LogP contribution in [-0.2, 0) is 10.0 Å². The van der Waals surface area contributed by atoms with Crippen LogP contribution in [0.1, 0.15) is 12.0 Å². The van der Waals surface area contributed by atoms with Gasteiger partial charge in [-0.25, -0.2) is 12.8 Å². The lowest BCUT2D eigenvalue weighted by atomic mass is 10.1. The molecule has 0 aromatic heterocycles. The van der Waals surface area contributed by atoms with Gasteiger partial charge in [0.2, 0.25) is 10.0 Å². The predicted octanol–water partition coefficient (Wildman–Crippen LogP) is 1.10. The molecular weight excluding hydrogens is 255 g/mol. The zero-order chi connectivity index (χ0) is 13.3. The summed E-state index contributed by atoms with van der Waals surface area (Å²) in [6.45, 7) is 3.04. The van der Waals surface area contributed by atoms with Crippen molar-refractivity contribution in [2.45, 2.75) is 18.2 Å². The molecule has 1 heterocycles. The predicted molar refractivity (Wildman–Crippen MR) is 67.1 cm³/mol. The normalized spacial score (nSPS) is 21.4. The van der Waals surface area contributed by atoms with Crippen LogP contribution in [0.25, 0.3) is 0 Å². The molecule has 1 aromatic rings. The molecule has 100 valence electrons. The lowest BCUT2D eigenvalue weighted by Gasteiger charge is -2.16. The van der Waals surface area contributed by atoms with Crippen molar-refractivity contribution in [3.8, 4) is 0 Å². The van der Waals surface area contributed by atoms with Crippen LogP contribution in [-0.4, -0.2) is 32.4 Å². The molecule has 1 aliphatic rings. The number of nitrogens with zero attached hydrogens (tertiary/aromatic N) is 1. The Morgan fingerprint density at radius 3 is 2.72 bits per heavy atom. The van der Waals surface area contributed by atoms with Gasteiger partial charge in [-0.05, 0) is 49.6 Å². The van der Waals surface area contributed by atoms with Gasteiger partial charge in [-0.15, -0.1) is 0 Å². The Labute approximate surface area is 107 Å². The molecule has 6 heteroatoms. The molecule has 0 spiro atoms. The second-order valence-corrected chi connectivity index (χ2v) is 6.66. The number of halogens is 1. The fraction of sp³-hybridized carbons (Fsp3) is 0.500. The Kier molecular flexibility index (Phi) is 3.70. The summed E-state index contributed by atoms with van der Waals surface area (Å²) in [5.74, 6) is -0.322. The summed E-state index contributed by atoms with van der Waals surface area (Å²) in [7, 11) is -3.59. The first-order valence-corrected chi connectivity index (χ1v) is 7.35. The van der Waals surface area contributed by atoms with Crippen LogP contribution in [0.3, 0.4) is 0 Å². The lowest BCUT2D eigenvalue weighted by molar-refractivity contribution is 0.458. The van der Waals surface area contributed by atoms with Gasteiger partial charge in [0.25, 0.3) is 0 Å². The number of rotatable bonds is 3. The smallest absolute Gasteiger partial charge is 0.243 e. The van der Waals surface area contributed by atoms with Crippen molar-refractivity contribution in [1.82, 2.24) is 4.31 Å². The van der Waals surface area contributed by atoms with Gasteiger partial charge >= 0.3 is 0 Å². The largest absolute Gasteiger partial charge is 0.330 e. The van der Waals surface area contributed by atoms with E-state index in [2.05, 4.69) is 0 Å². The second kappa shape index (κ2) is 4.95. The molecule has 1 saturated heterocycles. The van der Waals surface area contributed by atoms with Crippen molar-refractivity contribution >= 4 is 10.0 Å². The van der Waals surface area contributed by atoms with Gasteiger partial charge in [0, 0.05) is 13.1 Å². The molecule has 18 heavy (non-hydrogen) atoms. The number of aryl methyl sites for hydroxylation is 1. The summed E-state index contributed by atoms with van der Waals surface area (Å²) < 4.78 is 39.3. The van der Waals surface area contributed by atoms with E-state index >= 15 is 0 Å². The third-order valence-electron chi connectivity index (χ3n) is 3.24. The molecule has 0 bridgehead atoms. The molecule has 2 N–H and O–H groups in total. The summed E-state index contributed by atoms with van der Waals surface area (Å²) >= 11 is 0. The van der Waals surface area contributed by atoms with E-state index in [1.165, 1.54) is 16.4 Å². The second-order valence-electron chi connectivity index (χ2n) is 4.72. The number of sulfonamides is 1. The van der Waals surface area contributed by atoms with Crippen LogP contribution in [0.4, 0.5) is 4.39 Å². The minimum Gasteiger partial charge on any atom is -0.330 e. The molecule has 0 radical (unpaired) electrons. The average molecular weight is 272 g/mol. The molecule has 0 amide bonds. The summed E-state index contributed by atoms with van der Waals surface area (Å²) in [5.41, 5.74) is 6.14. The van der Waals surface area contributed by atoms with Crippen molar-refractivity contribution < 1.29 is 12.8 Å². The zero-order valence-corrected chi connectivity index (χ0v) is 11.1. The highest BCUT2D eigenvalue weighted by atomic mass is 32.2. The van der Waals surface area contributed by atoms with Gasteiger partial charge in [-0.3, -0.25) is 0 Å². The van der Waals surface area contributed by atoms with Crippen molar-refractivity contribution in [2.75, 3.05) is 19.6 Å². The van der Waals surface area contributed by atoms with Gasteiger partial charge in [0.05, 0.1) is 4.90 Å². The summed E-state index contributed by atoms with van der Waals surface area (Å²) in [4.78, 5) is 0.0256. The van der Waals surface area contributed by atoms with E-state index in [4.69, 9.17) is 5.73 Å². The van der Waals surface area contributed by atoms with Crippen molar-refractivity contribution in [1.29, 1.82) is 0 Å².